The number of benzene rings is 1. The number of aliphatic hydroxyl groups is 1. The zero-order valence-corrected chi connectivity index (χ0v) is 15.4. The SMILES string of the molecule is COc1cccc(F)c1CCc1ccc(-c2cnn(CCO)c2)c2nncn12. The third kappa shape index (κ3) is 3.34. The van der Waals surface area contributed by atoms with Crippen molar-refractivity contribution < 1.29 is 14.2 Å². The molecule has 0 unspecified atom stereocenters. The van der Waals surface area contributed by atoms with Gasteiger partial charge in [0.15, 0.2) is 5.65 Å². The molecule has 4 rings (SSSR count). The summed E-state index contributed by atoms with van der Waals surface area (Å²) in [6.07, 6.45) is 6.37. The lowest BCUT2D eigenvalue weighted by atomic mass is 10.0. The van der Waals surface area contributed by atoms with Gasteiger partial charge >= 0.3 is 0 Å². The first-order chi connectivity index (χ1) is 13.7. The van der Waals surface area contributed by atoms with Gasteiger partial charge in [0.2, 0.25) is 0 Å². The molecule has 0 aliphatic carbocycles. The fourth-order valence-corrected chi connectivity index (χ4v) is 3.35. The molecule has 0 aliphatic rings. The van der Waals surface area contributed by atoms with Crippen LogP contribution in [0.25, 0.3) is 16.8 Å². The molecular weight excluding hydrogens is 361 g/mol. The van der Waals surface area contributed by atoms with Gasteiger partial charge in [0, 0.05) is 28.6 Å². The second kappa shape index (κ2) is 7.77. The standard InChI is InChI=1S/C20H20FN5O2/c1-28-19-4-2-3-18(21)17(19)8-6-15-5-7-16(20-24-22-13-26(15)20)14-11-23-25(12-14)9-10-27/h2-5,7,11-13,27H,6,8-10H2,1H3. The molecule has 0 aliphatic heterocycles. The second-order valence-corrected chi connectivity index (χ2v) is 6.40. The normalized spacial score (nSPS) is 11.2. The molecule has 1 N–H and O–H groups in total. The van der Waals surface area contributed by atoms with Crippen molar-refractivity contribution >= 4 is 5.65 Å². The number of ether oxygens (including phenoxy) is 1. The lowest BCUT2D eigenvalue weighted by Crippen LogP contribution is -2.03. The van der Waals surface area contributed by atoms with Crippen molar-refractivity contribution in [2.75, 3.05) is 13.7 Å². The van der Waals surface area contributed by atoms with E-state index < -0.39 is 0 Å². The summed E-state index contributed by atoms with van der Waals surface area (Å²) < 4.78 is 23.1. The van der Waals surface area contributed by atoms with Crippen LogP contribution in [-0.2, 0) is 19.4 Å². The summed E-state index contributed by atoms with van der Waals surface area (Å²) in [5, 5.41) is 21.6. The number of nitrogens with zero attached hydrogens (tertiary/aromatic N) is 5. The molecule has 3 aromatic heterocycles. The van der Waals surface area contributed by atoms with Gasteiger partial charge in [0.05, 0.1) is 26.5 Å². The number of rotatable bonds is 7. The molecule has 0 amide bonds. The average Bonchev–Trinajstić information content (AvgIpc) is 3.37. The van der Waals surface area contributed by atoms with Crippen LogP contribution in [0.5, 0.6) is 5.75 Å². The van der Waals surface area contributed by atoms with Crippen molar-refractivity contribution in [1.82, 2.24) is 24.4 Å². The Morgan fingerprint density at radius 1 is 1.18 bits per heavy atom. The maximum atomic E-state index is 14.2. The van der Waals surface area contributed by atoms with Crippen molar-refractivity contribution in [3.63, 3.8) is 0 Å². The summed E-state index contributed by atoms with van der Waals surface area (Å²) in [6, 6.07) is 8.81. The molecule has 1 aromatic carbocycles. The lowest BCUT2D eigenvalue weighted by Gasteiger charge is -2.11. The van der Waals surface area contributed by atoms with E-state index in [9.17, 15) is 4.39 Å². The van der Waals surface area contributed by atoms with Gasteiger partial charge in [-0.2, -0.15) is 5.10 Å². The number of methoxy groups -OCH3 is 1. The molecule has 8 heteroatoms. The summed E-state index contributed by atoms with van der Waals surface area (Å²) >= 11 is 0. The van der Waals surface area contributed by atoms with E-state index in [0.717, 1.165) is 16.8 Å². The van der Waals surface area contributed by atoms with Crippen molar-refractivity contribution in [2.24, 2.45) is 0 Å². The first kappa shape index (κ1) is 18.1. The van der Waals surface area contributed by atoms with Crippen molar-refractivity contribution in [1.29, 1.82) is 0 Å². The van der Waals surface area contributed by atoms with Crippen LogP contribution in [0.15, 0.2) is 49.1 Å². The van der Waals surface area contributed by atoms with E-state index in [2.05, 4.69) is 15.3 Å². The summed E-state index contributed by atoms with van der Waals surface area (Å²) in [6.45, 7) is 0.464. The monoisotopic (exact) mass is 381 g/mol. The van der Waals surface area contributed by atoms with Crippen LogP contribution in [0.2, 0.25) is 0 Å². The zero-order valence-electron chi connectivity index (χ0n) is 15.4. The zero-order chi connectivity index (χ0) is 19.5. The van der Waals surface area contributed by atoms with Gasteiger partial charge in [-0.05, 0) is 37.1 Å². The summed E-state index contributed by atoms with van der Waals surface area (Å²) in [5.41, 5.74) is 4.03. The molecule has 0 spiro atoms. The van der Waals surface area contributed by atoms with E-state index in [1.165, 1.54) is 6.07 Å². The van der Waals surface area contributed by atoms with E-state index in [1.54, 1.807) is 36.4 Å². The van der Waals surface area contributed by atoms with Gasteiger partial charge in [-0.15, -0.1) is 10.2 Å². The molecular formula is C20H20FN5O2. The van der Waals surface area contributed by atoms with Crippen LogP contribution >= 0.6 is 0 Å². The highest BCUT2D eigenvalue weighted by atomic mass is 19.1. The molecule has 28 heavy (non-hydrogen) atoms. The van der Waals surface area contributed by atoms with Crippen molar-refractivity contribution in [3.05, 3.63) is 66.1 Å². The van der Waals surface area contributed by atoms with Crippen LogP contribution in [0.3, 0.4) is 0 Å². The van der Waals surface area contributed by atoms with Gasteiger partial charge in [-0.25, -0.2) is 4.39 Å². The van der Waals surface area contributed by atoms with E-state index in [1.807, 2.05) is 22.7 Å². The summed E-state index contributed by atoms with van der Waals surface area (Å²) in [5.74, 6) is 0.278. The predicted octanol–water partition coefficient (Wildman–Crippen LogP) is 2.52. The molecule has 4 aromatic rings. The van der Waals surface area contributed by atoms with Crippen molar-refractivity contribution in [2.45, 2.75) is 19.4 Å². The number of hydrogen-bond donors (Lipinski definition) is 1. The highest BCUT2D eigenvalue weighted by Gasteiger charge is 2.14. The van der Waals surface area contributed by atoms with E-state index in [0.29, 0.717) is 36.3 Å². The maximum absolute atomic E-state index is 14.2. The Morgan fingerprint density at radius 2 is 2.07 bits per heavy atom. The number of fused-ring (bicyclic) bond motifs is 1. The maximum Gasteiger partial charge on any atom is 0.168 e. The summed E-state index contributed by atoms with van der Waals surface area (Å²) in [7, 11) is 1.54. The average molecular weight is 381 g/mol. The Hall–Kier alpha value is -3.26. The number of pyridine rings is 1. The molecule has 0 atom stereocenters. The van der Waals surface area contributed by atoms with E-state index >= 15 is 0 Å². The minimum Gasteiger partial charge on any atom is -0.496 e. The Labute approximate surface area is 161 Å². The van der Waals surface area contributed by atoms with Gasteiger partial charge in [-0.3, -0.25) is 9.08 Å². The van der Waals surface area contributed by atoms with E-state index in [-0.39, 0.29) is 12.4 Å². The topological polar surface area (TPSA) is 77.5 Å². The molecule has 144 valence electrons. The van der Waals surface area contributed by atoms with Crippen LogP contribution < -0.4 is 4.74 Å². The fraction of sp³-hybridized carbons (Fsp3) is 0.250. The van der Waals surface area contributed by atoms with Gasteiger partial charge in [0.1, 0.15) is 17.9 Å². The van der Waals surface area contributed by atoms with Gasteiger partial charge in [-0.1, -0.05) is 6.07 Å². The molecule has 7 nitrogen and oxygen atoms in total. The Morgan fingerprint density at radius 3 is 2.89 bits per heavy atom. The quantitative estimate of drug-likeness (QED) is 0.532. The second-order valence-electron chi connectivity index (χ2n) is 6.40. The molecule has 0 saturated carbocycles. The predicted molar refractivity (Wildman–Crippen MR) is 102 cm³/mol. The molecule has 0 saturated heterocycles. The molecule has 0 radical (unpaired) electrons. The number of aliphatic hydroxyl groups excluding tert-OH is 1. The Balaban J connectivity index is 1.64. The Kier molecular flexibility index (Phi) is 5.03. The van der Waals surface area contributed by atoms with Crippen LogP contribution in [0.4, 0.5) is 4.39 Å². The molecule has 3 heterocycles. The van der Waals surface area contributed by atoms with E-state index in [4.69, 9.17) is 9.84 Å². The number of halogens is 1. The smallest absolute Gasteiger partial charge is 0.168 e. The summed E-state index contributed by atoms with van der Waals surface area (Å²) in [4.78, 5) is 0. The fourth-order valence-electron chi connectivity index (χ4n) is 3.35. The number of aromatic nitrogens is 5. The number of aryl methyl sites for hydroxylation is 1. The van der Waals surface area contributed by atoms with Crippen LogP contribution in [-0.4, -0.2) is 43.2 Å². The largest absolute Gasteiger partial charge is 0.496 e. The van der Waals surface area contributed by atoms with Gasteiger partial charge in [0.25, 0.3) is 0 Å². The van der Waals surface area contributed by atoms with Gasteiger partial charge < -0.3 is 9.84 Å². The first-order valence-electron chi connectivity index (χ1n) is 8.98. The van der Waals surface area contributed by atoms with Crippen LogP contribution in [0.1, 0.15) is 11.3 Å². The minimum atomic E-state index is -0.271. The third-order valence-corrected chi connectivity index (χ3v) is 4.74. The van der Waals surface area contributed by atoms with Crippen LogP contribution in [0, 0.1) is 5.82 Å². The Bertz CT molecular complexity index is 1110. The third-order valence-electron chi connectivity index (χ3n) is 4.74. The van der Waals surface area contributed by atoms with Crippen molar-refractivity contribution in [3.8, 4) is 16.9 Å². The minimum absolute atomic E-state index is 0.0277. The molecule has 0 bridgehead atoms. The first-order valence-corrected chi connectivity index (χ1v) is 8.98. The molecule has 0 fully saturated rings. The lowest BCUT2D eigenvalue weighted by molar-refractivity contribution is 0.269. The number of hydrogen-bond acceptors (Lipinski definition) is 5. The highest BCUT2D eigenvalue weighted by molar-refractivity contribution is 5.76. The highest BCUT2D eigenvalue weighted by Crippen LogP contribution is 2.26.